The lowest BCUT2D eigenvalue weighted by atomic mass is 9.68. The molecule has 0 radical (unpaired) electrons. The van der Waals surface area contributed by atoms with Gasteiger partial charge in [-0.1, -0.05) is 23.7 Å². The van der Waals surface area contributed by atoms with Crippen LogP contribution in [0.4, 0.5) is 13.2 Å². The number of nitrogens with one attached hydrogen (secondary N) is 2. The maximum Gasteiger partial charge on any atom is 0.390 e. The summed E-state index contributed by atoms with van der Waals surface area (Å²) in [6, 6.07) is 7.76. The van der Waals surface area contributed by atoms with Crippen molar-refractivity contribution in [3.63, 3.8) is 0 Å². The number of nitrogens with zero attached hydrogens (tertiary/aromatic N) is 4. The number of halogens is 4. The average molecular weight is 627 g/mol. The first-order valence-corrected chi connectivity index (χ1v) is 16.0. The van der Waals surface area contributed by atoms with Crippen LogP contribution >= 0.6 is 11.6 Å². The molecule has 4 saturated carbocycles. The Morgan fingerprint density at radius 3 is 2.50 bits per heavy atom. The quantitative estimate of drug-likeness (QED) is 0.405. The summed E-state index contributed by atoms with van der Waals surface area (Å²) in [4.78, 5) is 17.7. The van der Waals surface area contributed by atoms with E-state index in [1.807, 2.05) is 12.1 Å². The molecule has 1 aromatic carbocycles. The average Bonchev–Trinajstić information content (AvgIpc) is 3.22. The molecular formula is C28H34ClF3N6O3S. The fourth-order valence-electron chi connectivity index (χ4n) is 6.63. The van der Waals surface area contributed by atoms with Crippen molar-refractivity contribution in [3.05, 3.63) is 47.1 Å². The largest absolute Gasteiger partial charge is 0.390 e. The van der Waals surface area contributed by atoms with Gasteiger partial charge in [0.2, 0.25) is 5.91 Å². The Morgan fingerprint density at radius 1 is 1.17 bits per heavy atom. The number of alkyl halides is 3. The molecule has 5 aliphatic rings. The van der Waals surface area contributed by atoms with Gasteiger partial charge in [0.25, 0.3) is 10.0 Å². The van der Waals surface area contributed by atoms with Crippen LogP contribution in [0.15, 0.2) is 46.5 Å². The fraction of sp³-hybridized carbons (Fsp3) is 0.607. The summed E-state index contributed by atoms with van der Waals surface area (Å²) in [5.74, 6) is 0.178. The van der Waals surface area contributed by atoms with Crippen LogP contribution in [-0.4, -0.2) is 64.6 Å². The summed E-state index contributed by atoms with van der Waals surface area (Å²) in [7, 11) is -3.95. The minimum atomic E-state index is -4.36. The van der Waals surface area contributed by atoms with Crippen molar-refractivity contribution in [2.45, 2.75) is 93.8 Å². The molecule has 0 saturated heterocycles. The van der Waals surface area contributed by atoms with Crippen LogP contribution in [0.2, 0.25) is 5.02 Å². The van der Waals surface area contributed by atoms with E-state index in [2.05, 4.69) is 15.7 Å². The molecule has 1 aromatic heterocycles. The maximum absolute atomic E-state index is 14.1. The number of rotatable bonds is 10. The van der Waals surface area contributed by atoms with Crippen molar-refractivity contribution in [3.8, 4) is 0 Å². The summed E-state index contributed by atoms with van der Waals surface area (Å²) in [5, 5.41) is 10.6. The van der Waals surface area contributed by atoms with Gasteiger partial charge in [0.15, 0.2) is 5.03 Å². The Balaban J connectivity index is 1.22. The maximum atomic E-state index is 14.1. The number of carbonyl (C=O) groups excluding carboxylic acids is 1. The molecule has 1 aliphatic heterocycles. The zero-order chi connectivity index (χ0) is 30.1. The number of benzene rings is 1. The fourth-order valence-corrected chi connectivity index (χ4v) is 8.35. The molecule has 2 aromatic rings. The van der Waals surface area contributed by atoms with E-state index < -0.39 is 52.1 Å². The van der Waals surface area contributed by atoms with E-state index in [-0.39, 0.29) is 29.6 Å². The smallest absolute Gasteiger partial charge is 0.360 e. The normalized spacial score (nSPS) is 28.4. The number of amidine groups is 1. The van der Waals surface area contributed by atoms with Crippen LogP contribution in [0.3, 0.4) is 0 Å². The number of hydrogen-bond donors (Lipinski definition) is 2. The highest BCUT2D eigenvalue weighted by Crippen LogP contribution is 2.62. The molecule has 1 unspecified atom stereocenters. The van der Waals surface area contributed by atoms with Gasteiger partial charge in [-0.2, -0.15) is 22.6 Å². The molecular weight excluding hydrogens is 593 g/mol. The standard InChI is InChI=1S/C28H34ClF3N6O3S/c1-26(2)23(24(39)33-11-10-28(30,31)32)34-25(35-26)27-13-18(14-27)21(15-27)38(16-17-3-5-19(29)6-4-17)42(40,41)22-9-12-37(36-22)20-7-8-20/h3-6,9,12,18,20-21,23H,7-8,10-11,13-16H2,1-2H3,(H,33,39)(H,34,35)/t18?,21?,23-,27?/m0/s1. The first-order valence-electron chi connectivity index (χ1n) is 14.2. The number of amides is 1. The monoisotopic (exact) mass is 626 g/mol. The lowest BCUT2D eigenvalue weighted by Gasteiger charge is -2.39. The number of aliphatic imine (C=N–C) groups is 1. The van der Waals surface area contributed by atoms with E-state index in [1.54, 1.807) is 47.2 Å². The second kappa shape index (κ2) is 10.2. The summed E-state index contributed by atoms with van der Waals surface area (Å²) in [5.41, 5.74) is -0.509. The van der Waals surface area contributed by atoms with Crippen molar-refractivity contribution in [2.75, 3.05) is 6.54 Å². The summed E-state index contributed by atoms with van der Waals surface area (Å²) >= 11 is 6.08. The molecule has 42 heavy (non-hydrogen) atoms. The van der Waals surface area contributed by atoms with Gasteiger partial charge in [-0.25, -0.2) is 8.42 Å². The van der Waals surface area contributed by atoms with E-state index in [9.17, 15) is 26.4 Å². The molecule has 2 bridgehead atoms. The van der Waals surface area contributed by atoms with Crippen LogP contribution < -0.4 is 10.6 Å². The molecule has 4 fully saturated rings. The Bertz CT molecular complexity index is 1500. The van der Waals surface area contributed by atoms with Gasteiger partial charge >= 0.3 is 6.18 Å². The highest BCUT2D eigenvalue weighted by molar-refractivity contribution is 7.89. The minimum Gasteiger partial charge on any atom is -0.360 e. The van der Waals surface area contributed by atoms with Crippen LogP contribution in [0.25, 0.3) is 0 Å². The predicted octanol–water partition coefficient (Wildman–Crippen LogP) is 4.45. The molecule has 2 heterocycles. The molecule has 2 atom stereocenters. The Labute approximate surface area is 247 Å². The van der Waals surface area contributed by atoms with E-state index >= 15 is 0 Å². The topological polar surface area (TPSA) is 109 Å². The highest BCUT2D eigenvalue weighted by Gasteiger charge is 2.63. The Kier molecular flexibility index (Phi) is 7.17. The van der Waals surface area contributed by atoms with Gasteiger partial charge in [0.1, 0.15) is 11.9 Å². The number of hydrogen-bond acceptors (Lipinski definition) is 6. The number of aromatic nitrogens is 2. The van der Waals surface area contributed by atoms with Crippen molar-refractivity contribution in [1.29, 1.82) is 0 Å². The van der Waals surface area contributed by atoms with Gasteiger partial charge in [-0.3, -0.25) is 14.5 Å². The molecule has 0 spiro atoms. The lowest BCUT2D eigenvalue weighted by Crippen LogP contribution is -2.54. The summed E-state index contributed by atoms with van der Waals surface area (Å²) in [6.45, 7) is 3.19. The van der Waals surface area contributed by atoms with Gasteiger partial charge in [0.05, 0.1) is 18.0 Å². The van der Waals surface area contributed by atoms with Crippen LogP contribution in [0.1, 0.15) is 64.0 Å². The first-order chi connectivity index (χ1) is 19.7. The van der Waals surface area contributed by atoms with Crippen LogP contribution in [0.5, 0.6) is 0 Å². The van der Waals surface area contributed by atoms with Crippen molar-refractivity contribution < 1.29 is 26.4 Å². The highest BCUT2D eigenvalue weighted by atomic mass is 35.5. The second-order valence-electron chi connectivity index (χ2n) is 12.6. The van der Waals surface area contributed by atoms with Crippen molar-refractivity contribution >= 4 is 33.4 Å². The SMILES string of the molecule is CC1(C)N=C(C23CC(C2)C(N(Cc2ccc(Cl)cc2)S(=O)(=O)c2ccn(C4CC4)n2)C3)N[C@H]1C(=O)NCCC(F)(F)F. The van der Waals surface area contributed by atoms with Gasteiger partial charge in [-0.05, 0) is 75.6 Å². The molecule has 228 valence electrons. The zero-order valence-corrected chi connectivity index (χ0v) is 24.9. The third-order valence-corrected chi connectivity index (χ3v) is 11.0. The summed E-state index contributed by atoms with van der Waals surface area (Å²) in [6.07, 6.45) is 0.129. The molecule has 14 heteroatoms. The molecule has 7 rings (SSSR count). The molecule has 1 amide bonds. The Morgan fingerprint density at radius 2 is 1.86 bits per heavy atom. The van der Waals surface area contributed by atoms with E-state index in [0.29, 0.717) is 30.1 Å². The number of carbonyl (C=O) groups is 1. The van der Waals surface area contributed by atoms with E-state index in [4.69, 9.17) is 16.6 Å². The first kappa shape index (κ1) is 29.4. The molecule has 9 nitrogen and oxygen atoms in total. The summed E-state index contributed by atoms with van der Waals surface area (Å²) < 4.78 is 69.3. The van der Waals surface area contributed by atoms with Crippen LogP contribution in [-0.2, 0) is 21.4 Å². The number of fused-ring (bicyclic) bond motifs is 1. The van der Waals surface area contributed by atoms with Gasteiger partial charge < -0.3 is 10.6 Å². The third-order valence-electron chi connectivity index (χ3n) is 9.01. The third kappa shape index (κ3) is 5.55. The minimum absolute atomic E-state index is 0.0228. The van der Waals surface area contributed by atoms with E-state index in [0.717, 1.165) is 18.4 Å². The number of sulfonamides is 1. The lowest BCUT2D eigenvalue weighted by molar-refractivity contribution is -0.136. The second-order valence-corrected chi connectivity index (χ2v) is 14.9. The van der Waals surface area contributed by atoms with Crippen molar-refractivity contribution in [1.82, 2.24) is 24.7 Å². The Hall–Kier alpha value is -2.64. The molecule has 2 N–H and O–H groups in total. The van der Waals surface area contributed by atoms with Crippen molar-refractivity contribution in [2.24, 2.45) is 16.3 Å². The van der Waals surface area contributed by atoms with Gasteiger partial charge in [-0.15, -0.1) is 0 Å². The van der Waals surface area contributed by atoms with Crippen LogP contribution in [0, 0.1) is 11.3 Å². The van der Waals surface area contributed by atoms with E-state index in [1.165, 1.54) is 0 Å². The van der Waals surface area contributed by atoms with Gasteiger partial charge in [0, 0.05) is 35.8 Å². The zero-order valence-electron chi connectivity index (χ0n) is 23.4. The molecule has 4 aliphatic carbocycles. The predicted molar refractivity (Wildman–Crippen MR) is 150 cm³/mol.